The van der Waals surface area contributed by atoms with Crippen molar-refractivity contribution in [1.82, 2.24) is 4.90 Å². The Labute approximate surface area is 165 Å². The molecule has 2 aliphatic rings. The van der Waals surface area contributed by atoms with Crippen LogP contribution in [0.15, 0.2) is 58.3 Å². The van der Waals surface area contributed by atoms with Crippen LogP contribution in [0.5, 0.6) is 0 Å². The first-order chi connectivity index (χ1) is 13.3. The molecule has 0 aliphatic carbocycles. The third-order valence-electron chi connectivity index (χ3n) is 5.21. The predicted octanol–water partition coefficient (Wildman–Crippen LogP) is 4.90. The zero-order valence-corrected chi connectivity index (χ0v) is 16.6. The summed E-state index contributed by atoms with van der Waals surface area (Å²) in [7, 11) is 0. The topological polar surface area (TPSA) is 29.5 Å². The Morgan fingerprint density at radius 3 is 2.70 bits per heavy atom. The maximum Gasteiger partial charge on any atom is 0.162 e. The van der Waals surface area contributed by atoms with Crippen molar-refractivity contribution < 1.29 is 9.53 Å². The first kappa shape index (κ1) is 18.5. The second kappa shape index (κ2) is 8.42. The fourth-order valence-electron chi connectivity index (χ4n) is 3.68. The summed E-state index contributed by atoms with van der Waals surface area (Å²) in [6.45, 7) is 6.67. The van der Waals surface area contributed by atoms with Crippen LogP contribution in [0.3, 0.4) is 0 Å². The average molecular weight is 380 g/mol. The van der Waals surface area contributed by atoms with Crippen molar-refractivity contribution >= 4 is 23.1 Å². The van der Waals surface area contributed by atoms with Crippen molar-refractivity contribution in [3.8, 4) is 0 Å². The Kier molecular flexibility index (Phi) is 5.77. The van der Waals surface area contributed by atoms with E-state index in [4.69, 9.17) is 4.74 Å². The summed E-state index contributed by atoms with van der Waals surface area (Å²) in [6, 6.07) is 14.7. The number of rotatable bonds is 5. The monoisotopic (exact) mass is 379 g/mol. The molecule has 2 heterocycles. The highest BCUT2D eigenvalue weighted by atomic mass is 32.2. The quantitative estimate of drug-likeness (QED) is 0.590. The summed E-state index contributed by atoms with van der Waals surface area (Å²) in [5, 5.41) is 0. The van der Waals surface area contributed by atoms with Crippen molar-refractivity contribution in [2.75, 3.05) is 32.8 Å². The zero-order chi connectivity index (χ0) is 18.6. The molecule has 0 atom stereocenters. The van der Waals surface area contributed by atoms with E-state index in [1.165, 1.54) is 26.5 Å². The fourth-order valence-corrected chi connectivity index (χ4v) is 4.77. The number of carbonyl (C=O) groups is 1. The molecule has 0 spiro atoms. The van der Waals surface area contributed by atoms with E-state index in [0.29, 0.717) is 6.42 Å². The zero-order valence-electron chi connectivity index (χ0n) is 15.7. The molecule has 2 aliphatic heterocycles. The van der Waals surface area contributed by atoms with Gasteiger partial charge >= 0.3 is 0 Å². The summed E-state index contributed by atoms with van der Waals surface area (Å²) in [6.07, 6.45) is 3.89. The molecule has 0 unspecified atom stereocenters. The molecule has 0 bridgehead atoms. The van der Waals surface area contributed by atoms with Gasteiger partial charge in [-0.1, -0.05) is 49.0 Å². The van der Waals surface area contributed by atoms with Crippen LogP contribution < -0.4 is 0 Å². The van der Waals surface area contributed by atoms with E-state index in [9.17, 15) is 4.79 Å². The lowest BCUT2D eigenvalue weighted by molar-refractivity contribution is 0.0387. The van der Waals surface area contributed by atoms with E-state index in [1.807, 2.05) is 13.0 Å². The van der Waals surface area contributed by atoms with Crippen LogP contribution in [-0.2, 0) is 4.74 Å². The van der Waals surface area contributed by atoms with Crippen LogP contribution in [-0.4, -0.2) is 43.5 Å². The molecular weight excluding hydrogens is 354 g/mol. The summed E-state index contributed by atoms with van der Waals surface area (Å²) in [5.41, 5.74) is 4.55. The average Bonchev–Trinajstić information content (AvgIpc) is 2.73. The van der Waals surface area contributed by atoms with Gasteiger partial charge in [0, 0.05) is 41.4 Å². The fraction of sp³-hybridized carbons (Fsp3) is 0.348. The number of ether oxygens (including phenoxy) is 1. The van der Waals surface area contributed by atoms with Gasteiger partial charge in [-0.25, -0.2) is 0 Å². The number of Topliss-reactive ketones (excluding diaryl/α,β-unsaturated/α-hetero) is 1. The molecule has 4 rings (SSSR count). The van der Waals surface area contributed by atoms with Crippen LogP contribution in [0.4, 0.5) is 0 Å². The van der Waals surface area contributed by atoms with Gasteiger partial charge in [-0.15, -0.1) is 0 Å². The van der Waals surface area contributed by atoms with Crippen molar-refractivity contribution in [2.24, 2.45) is 0 Å². The molecule has 0 radical (unpaired) electrons. The van der Waals surface area contributed by atoms with Crippen LogP contribution in [0, 0.1) is 0 Å². The van der Waals surface area contributed by atoms with Crippen LogP contribution in [0.1, 0.15) is 41.3 Å². The standard InChI is InChI=1S/C23H25NO2S/c1-2-21(25)17-9-10-23-20(16-17)18(19-6-3-4-8-22(19)27-23)7-5-11-24-12-14-26-15-13-24/h3-4,6-10,16H,2,5,11-15H2,1H3/b18-7-. The Morgan fingerprint density at radius 2 is 1.89 bits per heavy atom. The molecular formula is C23H25NO2S. The normalized spacial score (nSPS) is 18.2. The highest BCUT2D eigenvalue weighted by Gasteiger charge is 2.22. The van der Waals surface area contributed by atoms with E-state index in [1.54, 1.807) is 11.8 Å². The van der Waals surface area contributed by atoms with Crippen molar-refractivity contribution in [2.45, 2.75) is 29.6 Å². The number of carbonyl (C=O) groups excluding carboxylic acids is 1. The Morgan fingerprint density at radius 1 is 1.11 bits per heavy atom. The molecule has 3 nitrogen and oxygen atoms in total. The Bertz CT molecular complexity index is 868. The minimum atomic E-state index is 0.203. The van der Waals surface area contributed by atoms with Crippen LogP contribution in [0.25, 0.3) is 5.57 Å². The predicted molar refractivity (Wildman–Crippen MR) is 111 cm³/mol. The molecule has 4 heteroatoms. The highest BCUT2D eigenvalue weighted by Crippen LogP contribution is 2.45. The molecule has 27 heavy (non-hydrogen) atoms. The molecule has 2 aromatic carbocycles. The molecule has 0 amide bonds. The summed E-state index contributed by atoms with van der Waals surface area (Å²) >= 11 is 1.80. The minimum Gasteiger partial charge on any atom is -0.379 e. The van der Waals surface area contributed by atoms with E-state index < -0.39 is 0 Å². The van der Waals surface area contributed by atoms with Gasteiger partial charge in [-0.2, -0.15) is 0 Å². The molecule has 0 N–H and O–H groups in total. The van der Waals surface area contributed by atoms with Gasteiger partial charge in [-0.3, -0.25) is 9.69 Å². The van der Waals surface area contributed by atoms with Crippen molar-refractivity contribution in [1.29, 1.82) is 0 Å². The van der Waals surface area contributed by atoms with Crippen LogP contribution in [0.2, 0.25) is 0 Å². The molecule has 0 saturated carbocycles. The number of hydrogen-bond acceptors (Lipinski definition) is 4. The third-order valence-corrected chi connectivity index (χ3v) is 6.36. The lowest BCUT2D eigenvalue weighted by atomic mass is 9.93. The number of hydrogen-bond donors (Lipinski definition) is 0. The summed E-state index contributed by atoms with van der Waals surface area (Å²) in [5.74, 6) is 0.203. The highest BCUT2D eigenvalue weighted by molar-refractivity contribution is 7.99. The number of ketones is 1. The van der Waals surface area contributed by atoms with Gasteiger partial charge in [0.25, 0.3) is 0 Å². The van der Waals surface area contributed by atoms with Gasteiger partial charge in [0.1, 0.15) is 0 Å². The van der Waals surface area contributed by atoms with E-state index in [-0.39, 0.29) is 5.78 Å². The lowest BCUT2D eigenvalue weighted by Crippen LogP contribution is -2.36. The van der Waals surface area contributed by atoms with E-state index >= 15 is 0 Å². The molecule has 140 valence electrons. The summed E-state index contributed by atoms with van der Waals surface area (Å²) in [4.78, 5) is 17.2. The van der Waals surface area contributed by atoms with Gasteiger partial charge in [0.05, 0.1) is 13.2 Å². The maximum absolute atomic E-state index is 12.2. The van der Waals surface area contributed by atoms with Crippen molar-refractivity contribution in [3.63, 3.8) is 0 Å². The molecule has 0 aromatic heterocycles. The van der Waals surface area contributed by atoms with Gasteiger partial charge in [-0.05, 0) is 41.3 Å². The van der Waals surface area contributed by atoms with E-state index in [0.717, 1.165) is 44.8 Å². The first-order valence-corrected chi connectivity index (χ1v) is 10.5. The number of benzene rings is 2. The van der Waals surface area contributed by atoms with Gasteiger partial charge in [0.2, 0.25) is 0 Å². The number of nitrogens with zero attached hydrogens (tertiary/aromatic N) is 1. The second-order valence-corrected chi connectivity index (χ2v) is 8.03. The van der Waals surface area contributed by atoms with Crippen LogP contribution >= 0.6 is 11.8 Å². The number of fused-ring (bicyclic) bond motifs is 2. The number of morpholine rings is 1. The van der Waals surface area contributed by atoms with Gasteiger partial charge in [0.15, 0.2) is 5.78 Å². The largest absolute Gasteiger partial charge is 0.379 e. The third kappa shape index (κ3) is 4.03. The van der Waals surface area contributed by atoms with Gasteiger partial charge < -0.3 is 4.74 Å². The lowest BCUT2D eigenvalue weighted by Gasteiger charge is -2.26. The second-order valence-electron chi connectivity index (χ2n) is 6.95. The van der Waals surface area contributed by atoms with E-state index in [2.05, 4.69) is 47.4 Å². The molecule has 1 saturated heterocycles. The minimum absolute atomic E-state index is 0.203. The SMILES string of the molecule is CCC(=O)c1ccc2c(c1)/C(=C\CCN1CCOCC1)c1ccccc1S2. The first-order valence-electron chi connectivity index (χ1n) is 9.71. The maximum atomic E-state index is 12.2. The Hall–Kier alpha value is -1.88. The Balaban J connectivity index is 1.66. The summed E-state index contributed by atoms with van der Waals surface area (Å²) < 4.78 is 5.44. The smallest absolute Gasteiger partial charge is 0.162 e. The van der Waals surface area contributed by atoms with Crippen molar-refractivity contribution in [3.05, 3.63) is 65.2 Å². The molecule has 2 aromatic rings. The molecule has 1 fully saturated rings.